The van der Waals surface area contributed by atoms with Gasteiger partial charge in [0.05, 0.1) is 5.92 Å². The molecule has 0 spiro atoms. The van der Waals surface area contributed by atoms with Crippen molar-refractivity contribution in [2.45, 2.75) is 13.0 Å². The fourth-order valence-corrected chi connectivity index (χ4v) is 3.89. The first-order valence-corrected chi connectivity index (χ1v) is 8.58. The van der Waals surface area contributed by atoms with Gasteiger partial charge in [-0.05, 0) is 30.0 Å². The van der Waals surface area contributed by atoms with Crippen LogP contribution in [0.2, 0.25) is 0 Å². The summed E-state index contributed by atoms with van der Waals surface area (Å²) in [5.41, 5.74) is 1.61. The van der Waals surface area contributed by atoms with Crippen molar-refractivity contribution in [1.29, 1.82) is 0 Å². The summed E-state index contributed by atoms with van der Waals surface area (Å²) in [4.78, 5) is 33.4. The van der Waals surface area contributed by atoms with Crippen molar-refractivity contribution < 1.29 is 9.59 Å². The van der Waals surface area contributed by atoms with Gasteiger partial charge in [-0.1, -0.05) is 6.07 Å². The van der Waals surface area contributed by atoms with E-state index in [1.807, 2.05) is 17.0 Å². The molecule has 0 N–H and O–H groups in total. The zero-order valence-electron chi connectivity index (χ0n) is 14.2. The number of carbonyl (C=O) groups excluding carboxylic acids is 2. The molecule has 7 heteroatoms. The summed E-state index contributed by atoms with van der Waals surface area (Å²) in [6, 6.07) is 5.59. The number of nitrogens with zero attached hydrogens (tertiary/aromatic N) is 5. The number of aryl methyl sites for hydroxylation is 1. The van der Waals surface area contributed by atoms with Crippen molar-refractivity contribution in [1.82, 2.24) is 24.6 Å². The van der Waals surface area contributed by atoms with E-state index < -0.39 is 0 Å². The molecule has 2 aliphatic heterocycles. The lowest BCUT2D eigenvalue weighted by molar-refractivity contribution is -0.140. The number of hydrogen-bond acceptors (Lipinski definition) is 4. The Bertz CT molecular complexity index is 788. The van der Waals surface area contributed by atoms with E-state index in [0.717, 1.165) is 18.5 Å². The van der Waals surface area contributed by atoms with Crippen molar-refractivity contribution in [3.8, 4) is 0 Å². The fourth-order valence-electron chi connectivity index (χ4n) is 3.89. The maximum Gasteiger partial charge on any atom is 0.272 e. The second kappa shape index (κ2) is 6.31. The molecule has 4 rings (SSSR count). The van der Waals surface area contributed by atoms with Gasteiger partial charge in [0.15, 0.2) is 0 Å². The van der Waals surface area contributed by atoms with Gasteiger partial charge in [-0.2, -0.15) is 5.10 Å². The Morgan fingerprint density at radius 1 is 1.28 bits per heavy atom. The van der Waals surface area contributed by atoms with Gasteiger partial charge in [0.1, 0.15) is 5.69 Å². The molecule has 2 aromatic heterocycles. The second-order valence-corrected chi connectivity index (χ2v) is 6.83. The van der Waals surface area contributed by atoms with Crippen molar-refractivity contribution in [2.75, 3.05) is 19.6 Å². The van der Waals surface area contributed by atoms with Gasteiger partial charge < -0.3 is 9.80 Å². The number of pyridine rings is 1. The summed E-state index contributed by atoms with van der Waals surface area (Å²) in [5, 5.41) is 4.06. The average molecular weight is 339 g/mol. The quantitative estimate of drug-likeness (QED) is 0.834. The molecule has 0 saturated carbocycles. The van der Waals surface area contributed by atoms with Crippen LogP contribution < -0.4 is 0 Å². The van der Waals surface area contributed by atoms with Crippen LogP contribution in [0.25, 0.3) is 0 Å². The van der Waals surface area contributed by atoms with E-state index in [1.165, 1.54) is 0 Å². The molecular weight excluding hydrogens is 318 g/mol. The van der Waals surface area contributed by atoms with Gasteiger partial charge in [0.2, 0.25) is 5.91 Å². The molecule has 2 atom stereocenters. The Morgan fingerprint density at radius 2 is 2.16 bits per heavy atom. The molecule has 2 aliphatic rings. The molecule has 7 nitrogen and oxygen atoms in total. The fraction of sp³-hybridized carbons (Fsp3) is 0.444. The lowest BCUT2D eigenvalue weighted by Crippen LogP contribution is -2.44. The highest BCUT2D eigenvalue weighted by Crippen LogP contribution is 2.33. The van der Waals surface area contributed by atoms with E-state index in [2.05, 4.69) is 10.1 Å². The molecule has 4 heterocycles. The predicted octanol–water partition coefficient (Wildman–Crippen LogP) is 0.936. The number of amides is 2. The van der Waals surface area contributed by atoms with E-state index in [-0.39, 0.29) is 23.7 Å². The first-order valence-electron chi connectivity index (χ1n) is 8.58. The molecule has 2 fully saturated rings. The van der Waals surface area contributed by atoms with Crippen LogP contribution in [0.15, 0.2) is 36.8 Å². The zero-order chi connectivity index (χ0) is 17.4. The molecule has 2 aromatic rings. The Labute approximate surface area is 146 Å². The number of aromatic nitrogens is 3. The van der Waals surface area contributed by atoms with Crippen LogP contribution in [-0.4, -0.2) is 56.0 Å². The van der Waals surface area contributed by atoms with E-state index in [4.69, 9.17) is 0 Å². The van der Waals surface area contributed by atoms with Crippen LogP contribution in [0.1, 0.15) is 22.5 Å². The summed E-state index contributed by atoms with van der Waals surface area (Å²) in [6.07, 6.45) is 6.09. The van der Waals surface area contributed by atoms with Gasteiger partial charge in [0, 0.05) is 51.8 Å². The van der Waals surface area contributed by atoms with E-state index >= 15 is 0 Å². The Hall–Kier alpha value is -2.70. The number of fused-ring (bicyclic) bond motifs is 1. The van der Waals surface area contributed by atoms with Crippen LogP contribution in [-0.2, 0) is 18.4 Å². The molecular formula is C18H21N5O2. The predicted molar refractivity (Wildman–Crippen MR) is 90.4 cm³/mol. The Kier molecular flexibility index (Phi) is 3.99. The number of carbonyl (C=O) groups is 2. The van der Waals surface area contributed by atoms with Gasteiger partial charge in [-0.3, -0.25) is 19.3 Å². The zero-order valence-corrected chi connectivity index (χ0v) is 14.2. The van der Waals surface area contributed by atoms with Crippen LogP contribution in [0.5, 0.6) is 0 Å². The third-order valence-corrected chi connectivity index (χ3v) is 5.26. The summed E-state index contributed by atoms with van der Waals surface area (Å²) >= 11 is 0. The maximum atomic E-state index is 12.9. The average Bonchev–Trinajstić information content (AvgIpc) is 3.24. The normalized spacial score (nSPS) is 23.0. The number of rotatable bonds is 3. The minimum Gasteiger partial charge on any atom is -0.338 e. The summed E-state index contributed by atoms with van der Waals surface area (Å²) in [6.45, 7) is 2.48. The Morgan fingerprint density at radius 3 is 2.88 bits per heavy atom. The Balaban J connectivity index is 1.45. The highest BCUT2D eigenvalue weighted by Gasteiger charge is 2.44. The highest BCUT2D eigenvalue weighted by atomic mass is 16.2. The lowest BCUT2D eigenvalue weighted by Gasteiger charge is -2.33. The van der Waals surface area contributed by atoms with Crippen molar-refractivity contribution in [2.24, 2.45) is 18.9 Å². The summed E-state index contributed by atoms with van der Waals surface area (Å²) in [5.74, 6) is 0.277. The van der Waals surface area contributed by atoms with Crippen LogP contribution in [0.3, 0.4) is 0 Å². The maximum absolute atomic E-state index is 12.9. The largest absolute Gasteiger partial charge is 0.338 e. The lowest BCUT2D eigenvalue weighted by atomic mass is 9.88. The molecule has 2 amide bonds. The second-order valence-electron chi connectivity index (χ2n) is 6.83. The van der Waals surface area contributed by atoms with Gasteiger partial charge in [-0.15, -0.1) is 0 Å². The van der Waals surface area contributed by atoms with Gasteiger partial charge in [0.25, 0.3) is 5.91 Å². The smallest absolute Gasteiger partial charge is 0.272 e. The first-order chi connectivity index (χ1) is 12.1. The molecule has 25 heavy (non-hydrogen) atoms. The van der Waals surface area contributed by atoms with Gasteiger partial charge >= 0.3 is 0 Å². The number of hydrogen-bond donors (Lipinski definition) is 0. The van der Waals surface area contributed by atoms with Crippen LogP contribution >= 0.6 is 0 Å². The van der Waals surface area contributed by atoms with Crippen LogP contribution in [0, 0.1) is 11.8 Å². The molecule has 0 aliphatic carbocycles. The van der Waals surface area contributed by atoms with E-state index in [9.17, 15) is 9.59 Å². The van der Waals surface area contributed by atoms with E-state index in [1.54, 1.807) is 41.3 Å². The molecule has 130 valence electrons. The monoisotopic (exact) mass is 339 g/mol. The van der Waals surface area contributed by atoms with Crippen molar-refractivity contribution in [3.63, 3.8) is 0 Å². The standard InChI is InChI=1S/C18H21N5O2/c1-21-16(4-7-20-21)18(25)23-11-14-5-8-22(17(24)15(14)12-23)10-13-3-2-6-19-9-13/h2-4,6-7,9,14-15H,5,8,10-12H2,1H3/t14-,15-/m1/s1. The van der Waals surface area contributed by atoms with E-state index in [0.29, 0.717) is 25.3 Å². The minimum atomic E-state index is -0.0948. The molecule has 2 saturated heterocycles. The van der Waals surface area contributed by atoms with Gasteiger partial charge in [-0.25, -0.2) is 0 Å². The third kappa shape index (κ3) is 2.90. The summed E-state index contributed by atoms with van der Waals surface area (Å²) in [7, 11) is 1.76. The SMILES string of the molecule is Cn1nccc1C(=O)N1C[C@H]2CCN(Cc3cccnc3)C(=O)[C@@H]2C1. The topological polar surface area (TPSA) is 71.3 Å². The highest BCUT2D eigenvalue weighted by molar-refractivity contribution is 5.93. The first kappa shape index (κ1) is 15.8. The minimum absolute atomic E-state index is 0.0407. The molecule has 0 bridgehead atoms. The van der Waals surface area contributed by atoms with Crippen molar-refractivity contribution in [3.05, 3.63) is 48.0 Å². The number of likely N-dealkylation sites (tertiary alicyclic amines) is 2. The van der Waals surface area contributed by atoms with Crippen molar-refractivity contribution >= 4 is 11.8 Å². The molecule has 0 aromatic carbocycles. The van der Waals surface area contributed by atoms with Crippen LogP contribution in [0.4, 0.5) is 0 Å². The molecule has 0 radical (unpaired) electrons. The third-order valence-electron chi connectivity index (χ3n) is 5.26. The number of piperidine rings is 1. The molecule has 0 unspecified atom stereocenters. The summed E-state index contributed by atoms with van der Waals surface area (Å²) < 4.78 is 1.58.